The third-order valence-corrected chi connectivity index (χ3v) is 4.56. The van der Waals surface area contributed by atoms with Gasteiger partial charge < -0.3 is 20.1 Å². The molecule has 24 heavy (non-hydrogen) atoms. The fraction of sp³-hybridized carbons (Fsp3) is 0.632. The number of guanidine groups is 1. The van der Waals surface area contributed by atoms with Gasteiger partial charge in [-0.1, -0.05) is 19.1 Å². The Morgan fingerprint density at radius 2 is 2.25 bits per heavy atom. The van der Waals surface area contributed by atoms with Crippen molar-refractivity contribution >= 4 is 5.96 Å². The number of benzene rings is 1. The van der Waals surface area contributed by atoms with Gasteiger partial charge in [0.2, 0.25) is 0 Å². The van der Waals surface area contributed by atoms with E-state index in [0.29, 0.717) is 24.8 Å². The van der Waals surface area contributed by atoms with Crippen LogP contribution in [0.15, 0.2) is 29.3 Å². The van der Waals surface area contributed by atoms with E-state index in [-0.39, 0.29) is 0 Å². The standard InChI is InChI=1S/C19H29N3O2/c1-3-10-23-15-7-5-6-14(11-15)13-21-19(20-4-2)22-17-12-16-8-9-18(17)24-16/h5-7,11,16-18H,3-4,8-10,12-13H2,1-2H3,(H2,20,21,22). The zero-order valence-electron chi connectivity index (χ0n) is 14.8. The van der Waals surface area contributed by atoms with Crippen molar-refractivity contribution in [3.05, 3.63) is 29.8 Å². The highest BCUT2D eigenvalue weighted by Crippen LogP contribution is 2.34. The molecule has 0 radical (unpaired) electrons. The molecule has 2 aliphatic rings. The minimum Gasteiger partial charge on any atom is -0.494 e. The van der Waals surface area contributed by atoms with Crippen molar-refractivity contribution in [2.75, 3.05) is 13.2 Å². The fourth-order valence-corrected chi connectivity index (χ4v) is 3.41. The lowest BCUT2D eigenvalue weighted by Crippen LogP contribution is -2.47. The van der Waals surface area contributed by atoms with E-state index < -0.39 is 0 Å². The largest absolute Gasteiger partial charge is 0.494 e. The normalized spacial score (nSPS) is 25.8. The SMILES string of the molecule is CCCOc1cccc(CN=C(NCC)NC2CC3CCC2O3)c1. The molecule has 5 nitrogen and oxygen atoms in total. The van der Waals surface area contributed by atoms with Gasteiger partial charge in [-0.05, 0) is 50.3 Å². The van der Waals surface area contributed by atoms with E-state index in [1.165, 1.54) is 12.8 Å². The highest BCUT2D eigenvalue weighted by molar-refractivity contribution is 5.80. The van der Waals surface area contributed by atoms with E-state index >= 15 is 0 Å². The Hall–Kier alpha value is -1.75. The zero-order valence-corrected chi connectivity index (χ0v) is 14.8. The van der Waals surface area contributed by atoms with Crippen molar-refractivity contribution in [1.29, 1.82) is 0 Å². The van der Waals surface area contributed by atoms with Crippen molar-refractivity contribution < 1.29 is 9.47 Å². The Kier molecular flexibility index (Phi) is 5.96. The first-order valence-electron chi connectivity index (χ1n) is 9.20. The molecule has 5 heteroatoms. The third-order valence-electron chi connectivity index (χ3n) is 4.56. The van der Waals surface area contributed by atoms with E-state index in [1.54, 1.807) is 0 Å². The van der Waals surface area contributed by atoms with Crippen LogP contribution in [0.5, 0.6) is 5.75 Å². The van der Waals surface area contributed by atoms with Crippen LogP contribution in [0.3, 0.4) is 0 Å². The quantitative estimate of drug-likeness (QED) is 0.596. The summed E-state index contributed by atoms with van der Waals surface area (Å²) in [6.07, 6.45) is 5.28. The van der Waals surface area contributed by atoms with Crippen LogP contribution in [0.25, 0.3) is 0 Å². The molecule has 132 valence electrons. The van der Waals surface area contributed by atoms with E-state index in [1.807, 2.05) is 12.1 Å². The molecule has 0 amide bonds. The number of fused-ring (bicyclic) bond motifs is 2. The number of nitrogens with one attached hydrogen (secondary N) is 2. The lowest BCUT2D eigenvalue weighted by Gasteiger charge is -2.22. The van der Waals surface area contributed by atoms with Crippen LogP contribution in [0, 0.1) is 0 Å². The molecule has 0 aliphatic carbocycles. The number of ether oxygens (including phenoxy) is 2. The van der Waals surface area contributed by atoms with E-state index in [9.17, 15) is 0 Å². The Labute approximate surface area is 144 Å². The summed E-state index contributed by atoms with van der Waals surface area (Å²) in [7, 11) is 0. The molecule has 1 aromatic rings. The van der Waals surface area contributed by atoms with Crippen LogP contribution in [0.4, 0.5) is 0 Å². The van der Waals surface area contributed by atoms with Gasteiger partial charge in [-0.15, -0.1) is 0 Å². The predicted molar refractivity (Wildman–Crippen MR) is 96.5 cm³/mol. The summed E-state index contributed by atoms with van der Waals surface area (Å²) in [5.41, 5.74) is 1.16. The maximum Gasteiger partial charge on any atom is 0.191 e. The zero-order chi connectivity index (χ0) is 16.8. The monoisotopic (exact) mass is 331 g/mol. The van der Waals surface area contributed by atoms with Crippen LogP contribution in [-0.4, -0.2) is 37.4 Å². The average Bonchev–Trinajstić information content (AvgIpc) is 3.21. The first-order valence-corrected chi connectivity index (χ1v) is 9.20. The molecule has 0 spiro atoms. The minimum absolute atomic E-state index is 0.352. The van der Waals surface area contributed by atoms with Crippen molar-refractivity contribution in [3.63, 3.8) is 0 Å². The second-order valence-electron chi connectivity index (χ2n) is 6.55. The van der Waals surface area contributed by atoms with Gasteiger partial charge in [-0.2, -0.15) is 0 Å². The van der Waals surface area contributed by atoms with Gasteiger partial charge in [0.15, 0.2) is 5.96 Å². The Bertz CT molecular complexity index is 561. The van der Waals surface area contributed by atoms with Crippen LogP contribution >= 0.6 is 0 Å². The molecule has 3 unspecified atom stereocenters. The molecule has 2 bridgehead atoms. The molecule has 1 aromatic carbocycles. The highest BCUT2D eigenvalue weighted by Gasteiger charge is 2.41. The Morgan fingerprint density at radius 3 is 2.96 bits per heavy atom. The summed E-state index contributed by atoms with van der Waals surface area (Å²) in [6.45, 7) is 6.45. The number of aliphatic imine (C=N–C) groups is 1. The van der Waals surface area contributed by atoms with Gasteiger partial charge >= 0.3 is 0 Å². The van der Waals surface area contributed by atoms with E-state index in [0.717, 1.165) is 43.3 Å². The van der Waals surface area contributed by atoms with Crippen molar-refractivity contribution in [1.82, 2.24) is 10.6 Å². The summed E-state index contributed by atoms with van der Waals surface area (Å²) in [6, 6.07) is 8.58. The van der Waals surface area contributed by atoms with E-state index in [4.69, 9.17) is 14.5 Å². The third kappa shape index (κ3) is 4.41. The smallest absolute Gasteiger partial charge is 0.191 e. The fourth-order valence-electron chi connectivity index (χ4n) is 3.41. The van der Waals surface area contributed by atoms with Gasteiger partial charge in [-0.25, -0.2) is 4.99 Å². The van der Waals surface area contributed by atoms with Crippen LogP contribution in [0.1, 0.15) is 45.1 Å². The van der Waals surface area contributed by atoms with Gasteiger partial charge in [0, 0.05) is 6.54 Å². The highest BCUT2D eigenvalue weighted by atomic mass is 16.5. The number of hydrogen-bond acceptors (Lipinski definition) is 3. The molecule has 2 N–H and O–H groups in total. The van der Waals surface area contributed by atoms with Crippen LogP contribution in [-0.2, 0) is 11.3 Å². The Morgan fingerprint density at radius 1 is 1.33 bits per heavy atom. The maximum atomic E-state index is 5.92. The average molecular weight is 331 g/mol. The predicted octanol–water partition coefficient (Wildman–Crippen LogP) is 2.85. The molecule has 2 fully saturated rings. The molecule has 2 saturated heterocycles. The summed E-state index contributed by atoms with van der Waals surface area (Å²) < 4.78 is 11.6. The number of hydrogen-bond donors (Lipinski definition) is 2. The molecular weight excluding hydrogens is 302 g/mol. The van der Waals surface area contributed by atoms with Gasteiger partial charge in [0.05, 0.1) is 31.4 Å². The van der Waals surface area contributed by atoms with Crippen LogP contribution in [0.2, 0.25) is 0 Å². The van der Waals surface area contributed by atoms with Gasteiger partial charge in [0.1, 0.15) is 5.75 Å². The first kappa shape index (κ1) is 17.1. The molecule has 0 aromatic heterocycles. The van der Waals surface area contributed by atoms with Crippen molar-refractivity contribution in [3.8, 4) is 5.75 Å². The topological polar surface area (TPSA) is 54.9 Å². The van der Waals surface area contributed by atoms with Gasteiger partial charge in [-0.3, -0.25) is 0 Å². The van der Waals surface area contributed by atoms with E-state index in [2.05, 4.69) is 36.6 Å². The lowest BCUT2D eigenvalue weighted by atomic mass is 9.96. The second-order valence-corrected chi connectivity index (χ2v) is 6.55. The summed E-state index contributed by atoms with van der Waals surface area (Å²) in [4.78, 5) is 4.74. The Balaban J connectivity index is 1.59. The summed E-state index contributed by atoms with van der Waals surface area (Å²) in [5.74, 6) is 1.79. The van der Waals surface area contributed by atoms with Crippen molar-refractivity contribution in [2.24, 2.45) is 4.99 Å². The summed E-state index contributed by atoms with van der Waals surface area (Å²) >= 11 is 0. The summed E-state index contributed by atoms with van der Waals surface area (Å²) in [5, 5.41) is 6.89. The molecule has 2 heterocycles. The minimum atomic E-state index is 0.352. The molecule has 3 rings (SSSR count). The second kappa shape index (κ2) is 8.38. The molecule has 0 saturated carbocycles. The number of rotatable bonds is 7. The number of nitrogens with zero attached hydrogens (tertiary/aromatic N) is 1. The van der Waals surface area contributed by atoms with Gasteiger partial charge in [0.25, 0.3) is 0 Å². The molecular formula is C19H29N3O2. The van der Waals surface area contributed by atoms with Crippen LogP contribution < -0.4 is 15.4 Å². The molecule has 2 aliphatic heterocycles. The molecule has 3 atom stereocenters. The first-order chi connectivity index (χ1) is 11.8. The van der Waals surface area contributed by atoms with Crippen molar-refractivity contribution in [2.45, 2.75) is 64.3 Å². The maximum absolute atomic E-state index is 5.92. The lowest BCUT2D eigenvalue weighted by molar-refractivity contribution is 0.0992.